The van der Waals surface area contributed by atoms with Crippen LogP contribution >= 0.6 is 11.8 Å². The monoisotopic (exact) mass is 279 g/mol. The predicted octanol–water partition coefficient (Wildman–Crippen LogP) is 2.59. The molecule has 1 aromatic carbocycles. The van der Waals surface area contributed by atoms with Gasteiger partial charge >= 0.3 is 0 Å². The first-order valence-electron chi connectivity index (χ1n) is 6.70. The summed E-state index contributed by atoms with van der Waals surface area (Å²) in [6, 6.07) is 8.20. The Morgan fingerprint density at radius 2 is 2.32 bits per heavy atom. The Kier molecular flexibility index (Phi) is 5.14. The van der Waals surface area contributed by atoms with E-state index < -0.39 is 0 Å². The van der Waals surface area contributed by atoms with Crippen molar-refractivity contribution < 1.29 is 9.53 Å². The molecule has 1 fully saturated rings. The van der Waals surface area contributed by atoms with Gasteiger partial charge in [-0.15, -0.1) is 11.8 Å². The zero-order valence-corrected chi connectivity index (χ0v) is 12.4. The third-order valence-corrected chi connectivity index (χ3v) is 4.81. The van der Waals surface area contributed by atoms with Gasteiger partial charge in [-0.2, -0.15) is 0 Å². The molecule has 1 atom stereocenters. The minimum atomic E-state index is 0.190. The summed E-state index contributed by atoms with van der Waals surface area (Å²) in [7, 11) is 3.58. The molecule has 0 aromatic heterocycles. The molecule has 1 saturated heterocycles. The summed E-state index contributed by atoms with van der Waals surface area (Å²) in [5.41, 5.74) is 1.30. The van der Waals surface area contributed by atoms with E-state index in [0.29, 0.717) is 5.91 Å². The number of methoxy groups -OCH3 is 1. The van der Waals surface area contributed by atoms with Gasteiger partial charge < -0.3 is 9.64 Å². The summed E-state index contributed by atoms with van der Waals surface area (Å²) in [5, 5.41) is 0.190. The lowest BCUT2D eigenvalue weighted by Gasteiger charge is -2.10. The van der Waals surface area contributed by atoms with Gasteiger partial charge in [0.05, 0.1) is 12.4 Å². The fourth-order valence-corrected chi connectivity index (χ4v) is 3.46. The SMILES string of the molecule is COc1cccc(CCCSC2CCN(C)C2=O)c1. The number of carbonyl (C=O) groups excluding carboxylic acids is 1. The van der Waals surface area contributed by atoms with Crippen LogP contribution in [0.25, 0.3) is 0 Å². The molecule has 4 heteroatoms. The third-order valence-electron chi connectivity index (χ3n) is 3.44. The molecule has 1 heterocycles. The molecule has 0 bridgehead atoms. The van der Waals surface area contributed by atoms with Gasteiger partial charge in [0.25, 0.3) is 0 Å². The second-order valence-electron chi connectivity index (χ2n) is 4.86. The number of amides is 1. The summed E-state index contributed by atoms with van der Waals surface area (Å²) >= 11 is 1.80. The Labute approximate surface area is 119 Å². The first kappa shape index (κ1) is 14.3. The molecular formula is C15H21NO2S. The number of hydrogen-bond acceptors (Lipinski definition) is 3. The Morgan fingerprint density at radius 1 is 1.47 bits per heavy atom. The maximum Gasteiger partial charge on any atom is 0.235 e. The first-order chi connectivity index (χ1) is 9.20. The van der Waals surface area contributed by atoms with Crippen LogP contribution in [0.15, 0.2) is 24.3 Å². The van der Waals surface area contributed by atoms with Crippen molar-refractivity contribution in [2.24, 2.45) is 0 Å². The molecule has 0 aliphatic carbocycles. The molecule has 19 heavy (non-hydrogen) atoms. The smallest absolute Gasteiger partial charge is 0.235 e. The Morgan fingerprint density at radius 3 is 3.00 bits per heavy atom. The quantitative estimate of drug-likeness (QED) is 0.750. The predicted molar refractivity (Wildman–Crippen MR) is 79.8 cm³/mol. The summed E-state index contributed by atoms with van der Waals surface area (Å²) in [6.07, 6.45) is 3.14. The average Bonchev–Trinajstić information content (AvgIpc) is 2.75. The van der Waals surface area contributed by atoms with E-state index >= 15 is 0 Å². The lowest BCUT2D eigenvalue weighted by Crippen LogP contribution is -2.23. The van der Waals surface area contributed by atoms with Crippen LogP contribution in [-0.2, 0) is 11.2 Å². The van der Waals surface area contributed by atoms with E-state index in [1.165, 1.54) is 5.56 Å². The standard InChI is InChI=1S/C15H21NO2S/c1-16-9-8-14(15(16)17)19-10-4-6-12-5-3-7-13(11-12)18-2/h3,5,7,11,14H,4,6,8-10H2,1-2H3. The van der Waals surface area contributed by atoms with Gasteiger partial charge in [0, 0.05) is 13.6 Å². The van der Waals surface area contributed by atoms with Crippen molar-refractivity contribution in [2.75, 3.05) is 26.5 Å². The molecule has 104 valence electrons. The third kappa shape index (κ3) is 3.90. The maximum atomic E-state index is 11.7. The largest absolute Gasteiger partial charge is 0.497 e. The molecule has 2 rings (SSSR count). The molecule has 3 nitrogen and oxygen atoms in total. The minimum absolute atomic E-state index is 0.190. The molecule has 1 amide bonds. The Bertz CT molecular complexity index is 436. The maximum absolute atomic E-state index is 11.7. The van der Waals surface area contributed by atoms with Crippen LogP contribution in [0.5, 0.6) is 5.75 Å². The van der Waals surface area contributed by atoms with Crippen LogP contribution in [0.4, 0.5) is 0 Å². The number of aryl methyl sites for hydroxylation is 1. The highest BCUT2D eigenvalue weighted by Gasteiger charge is 2.28. The highest BCUT2D eigenvalue weighted by molar-refractivity contribution is 8.00. The fourth-order valence-electron chi connectivity index (χ4n) is 2.27. The van der Waals surface area contributed by atoms with Crippen molar-refractivity contribution in [2.45, 2.75) is 24.5 Å². The summed E-state index contributed by atoms with van der Waals surface area (Å²) in [6.45, 7) is 0.909. The highest BCUT2D eigenvalue weighted by Crippen LogP contribution is 2.24. The minimum Gasteiger partial charge on any atom is -0.497 e. The van der Waals surface area contributed by atoms with Crippen LogP contribution in [-0.4, -0.2) is 42.5 Å². The van der Waals surface area contributed by atoms with E-state index in [0.717, 1.165) is 37.3 Å². The van der Waals surface area contributed by atoms with Crippen LogP contribution in [0.3, 0.4) is 0 Å². The van der Waals surface area contributed by atoms with E-state index in [1.807, 2.05) is 24.1 Å². The normalized spacial score (nSPS) is 18.9. The number of rotatable bonds is 6. The van der Waals surface area contributed by atoms with E-state index in [-0.39, 0.29) is 5.25 Å². The highest BCUT2D eigenvalue weighted by atomic mass is 32.2. The number of benzene rings is 1. The molecule has 0 N–H and O–H groups in total. The van der Waals surface area contributed by atoms with Crippen molar-refractivity contribution in [1.82, 2.24) is 4.90 Å². The number of nitrogens with zero attached hydrogens (tertiary/aromatic N) is 1. The number of thioether (sulfide) groups is 1. The lowest BCUT2D eigenvalue weighted by molar-refractivity contribution is -0.126. The van der Waals surface area contributed by atoms with Gasteiger partial charge in [0.15, 0.2) is 0 Å². The van der Waals surface area contributed by atoms with E-state index in [9.17, 15) is 4.79 Å². The average molecular weight is 279 g/mol. The molecule has 1 aliphatic heterocycles. The van der Waals surface area contributed by atoms with E-state index in [1.54, 1.807) is 18.9 Å². The van der Waals surface area contributed by atoms with Crippen LogP contribution < -0.4 is 4.74 Å². The van der Waals surface area contributed by atoms with Gasteiger partial charge in [0.2, 0.25) is 5.91 Å². The van der Waals surface area contributed by atoms with Crippen molar-refractivity contribution in [3.8, 4) is 5.75 Å². The van der Waals surface area contributed by atoms with Crippen LogP contribution in [0.1, 0.15) is 18.4 Å². The van der Waals surface area contributed by atoms with Gasteiger partial charge in [-0.05, 0) is 42.7 Å². The van der Waals surface area contributed by atoms with Gasteiger partial charge in [-0.1, -0.05) is 12.1 Å². The first-order valence-corrected chi connectivity index (χ1v) is 7.75. The Hall–Kier alpha value is -1.16. The molecule has 0 saturated carbocycles. The van der Waals surface area contributed by atoms with Crippen molar-refractivity contribution in [3.05, 3.63) is 29.8 Å². The van der Waals surface area contributed by atoms with Crippen molar-refractivity contribution >= 4 is 17.7 Å². The second-order valence-corrected chi connectivity index (χ2v) is 6.17. The molecule has 0 radical (unpaired) electrons. The van der Waals surface area contributed by atoms with Gasteiger partial charge in [0.1, 0.15) is 5.75 Å². The second kappa shape index (κ2) is 6.85. The van der Waals surface area contributed by atoms with E-state index in [4.69, 9.17) is 4.74 Å². The zero-order chi connectivity index (χ0) is 13.7. The number of hydrogen-bond donors (Lipinski definition) is 0. The van der Waals surface area contributed by atoms with Gasteiger partial charge in [-0.3, -0.25) is 4.79 Å². The van der Waals surface area contributed by atoms with Crippen LogP contribution in [0.2, 0.25) is 0 Å². The van der Waals surface area contributed by atoms with E-state index in [2.05, 4.69) is 12.1 Å². The number of ether oxygens (including phenoxy) is 1. The molecule has 1 aliphatic rings. The van der Waals surface area contributed by atoms with Gasteiger partial charge in [-0.25, -0.2) is 0 Å². The zero-order valence-electron chi connectivity index (χ0n) is 11.6. The topological polar surface area (TPSA) is 29.5 Å². The molecule has 1 unspecified atom stereocenters. The number of likely N-dealkylation sites (tertiary alicyclic amines) is 1. The summed E-state index contributed by atoms with van der Waals surface area (Å²) in [5.74, 6) is 2.26. The molecule has 0 spiro atoms. The summed E-state index contributed by atoms with van der Waals surface area (Å²) < 4.78 is 5.21. The van der Waals surface area contributed by atoms with Crippen molar-refractivity contribution in [3.63, 3.8) is 0 Å². The van der Waals surface area contributed by atoms with Crippen LogP contribution in [0, 0.1) is 0 Å². The number of carbonyl (C=O) groups is 1. The summed E-state index contributed by atoms with van der Waals surface area (Å²) in [4.78, 5) is 13.6. The van der Waals surface area contributed by atoms with Crippen molar-refractivity contribution in [1.29, 1.82) is 0 Å². The molecule has 1 aromatic rings. The molecular weight excluding hydrogens is 258 g/mol. The lowest BCUT2D eigenvalue weighted by atomic mass is 10.1. The fraction of sp³-hybridized carbons (Fsp3) is 0.533. The Balaban J connectivity index is 1.70.